The molecule has 0 aliphatic rings. The first-order chi connectivity index (χ1) is 8.58. The summed E-state index contributed by atoms with van der Waals surface area (Å²) in [6.07, 6.45) is -1.06. The lowest BCUT2D eigenvalue weighted by molar-refractivity contribution is -0.153. The average Bonchev–Trinajstić information content (AvgIpc) is 2.38. The summed E-state index contributed by atoms with van der Waals surface area (Å²) in [5.74, 6) is -1.25. The van der Waals surface area contributed by atoms with Crippen LogP contribution in [0.15, 0.2) is 28.7 Å². The number of hydrogen-bond acceptors (Lipinski definition) is 5. The van der Waals surface area contributed by atoms with Crippen molar-refractivity contribution in [2.45, 2.75) is 6.10 Å². The molecule has 1 aromatic rings. The first-order valence-corrected chi connectivity index (χ1v) is 5.91. The van der Waals surface area contributed by atoms with Gasteiger partial charge in [0.1, 0.15) is 0 Å². The molecule has 0 fully saturated rings. The highest BCUT2D eigenvalue weighted by Gasteiger charge is 2.24. The number of benzene rings is 1. The molecule has 6 heteroatoms. The maximum atomic E-state index is 11.8. The van der Waals surface area contributed by atoms with Gasteiger partial charge in [0.05, 0.1) is 19.3 Å². The molecule has 1 aromatic carbocycles. The van der Waals surface area contributed by atoms with Crippen LogP contribution in [0.25, 0.3) is 0 Å². The van der Waals surface area contributed by atoms with E-state index in [9.17, 15) is 9.59 Å². The van der Waals surface area contributed by atoms with E-state index in [0.29, 0.717) is 5.56 Å². The van der Waals surface area contributed by atoms with Crippen LogP contribution in [0.3, 0.4) is 0 Å². The molecule has 0 saturated carbocycles. The van der Waals surface area contributed by atoms with Crippen LogP contribution in [0.5, 0.6) is 0 Å². The number of rotatable bonds is 5. The van der Waals surface area contributed by atoms with Crippen molar-refractivity contribution in [2.75, 3.05) is 20.8 Å². The van der Waals surface area contributed by atoms with Gasteiger partial charge in [-0.15, -0.1) is 0 Å². The van der Waals surface area contributed by atoms with E-state index in [0.717, 1.165) is 4.47 Å². The van der Waals surface area contributed by atoms with Gasteiger partial charge in [-0.2, -0.15) is 0 Å². The summed E-state index contributed by atoms with van der Waals surface area (Å²) in [4.78, 5) is 23.1. The summed E-state index contributed by atoms with van der Waals surface area (Å²) in [6.45, 7) is -0.0467. The number of methoxy groups -OCH3 is 2. The number of ether oxygens (including phenoxy) is 3. The Balaban J connectivity index is 2.71. The van der Waals surface area contributed by atoms with Crippen LogP contribution in [-0.4, -0.2) is 38.9 Å². The van der Waals surface area contributed by atoms with Gasteiger partial charge in [0.15, 0.2) is 0 Å². The van der Waals surface area contributed by atoms with Gasteiger partial charge < -0.3 is 14.2 Å². The summed E-state index contributed by atoms with van der Waals surface area (Å²) in [7, 11) is 2.63. The average molecular weight is 317 g/mol. The van der Waals surface area contributed by atoms with E-state index < -0.39 is 18.0 Å². The lowest BCUT2D eigenvalue weighted by Gasteiger charge is -2.14. The second-order valence-electron chi connectivity index (χ2n) is 3.38. The molecule has 5 nitrogen and oxygen atoms in total. The van der Waals surface area contributed by atoms with Crippen LogP contribution < -0.4 is 0 Å². The molecule has 0 unspecified atom stereocenters. The molecule has 0 aromatic heterocycles. The maximum Gasteiger partial charge on any atom is 0.349 e. The normalized spacial score (nSPS) is 11.7. The predicted octanol–water partition coefficient (Wildman–Crippen LogP) is 1.79. The molecular weight excluding hydrogens is 304 g/mol. The van der Waals surface area contributed by atoms with Crippen LogP contribution in [0.2, 0.25) is 0 Å². The Morgan fingerprint density at radius 3 is 2.33 bits per heavy atom. The van der Waals surface area contributed by atoms with E-state index in [4.69, 9.17) is 9.47 Å². The van der Waals surface area contributed by atoms with E-state index in [1.54, 1.807) is 24.3 Å². The van der Waals surface area contributed by atoms with Gasteiger partial charge >= 0.3 is 11.9 Å². The Bertz CT molecular complexity index is 415. The van der Waals surface area contributed by atoms with Crippen LogP contribution >= 0.6 is 15.9 Å². The smallest absolute Gasteiger partial charge is 0.349 e. The Hall–Kier alpha value is -1.40. The van der Waals surface area contributed by atoms with Crippen LogP contribution in [-0.2, 0) is 19.0 Å². The van der Waals surface area contributed by atoms with Crippen molar-refractivity contribution >= 4 is 27.9 Å². The van der Waals surface area contributed by atoms with Crippen LogP contribution in [0.4, 0.5) is 0 Å². The zero-order valence-corrected chi connectivity index (χ0v) is 11.6. The second-order valence-corrected chi connectivity index (χ2v) is 4.30. The highest BCUT2D eigenvalue weighted by Crippen LogP contribution is 2.12. The summed E-state index contributed by atoms with van der Waals surface area (Å²) in [6, 6.07) is 6.60. The third kappa shape index (κ3) is 4.12. The van der Waals surface area contributed by atoms with Crippen molar-refractivity contribution in [3.8, 4) is 0 Å². The highest BCUT2D eigenvalue weighted by atomic mass is 79.9. The maximum absolute atomic E-state index is 11.8. The number of halogens is 1. The van der Waals surface area contributed by atoms with Gasteiger partial charge in [0.25, 0.3) is 0 Å². The molecule has 0 bridgehead atoms. The van der Waals surface area contributed by atoms with E-state index in [1.807, 2.05) is 0 Å². The molecule has 0 amide bonds. The molecule has 1 rings (SSSR count). The van der Waals surface area contributed by atoms with E-state index in [2.05, 4.69) is 20.7 Å². The fourth-order valence-electron chi connectivity index (χ4n) is 1.22. The number of carbonyl (C=O) groups excluding carboxylic acids is 2. The van der Waals surface area contributed by atoms with Crippen LogP contribution in [0.1, 0.15) is 10.4 Å². The molecule has 0 aliphatic carbocycles. The van der Waals surface area contributed by atoms with Gasteiger partial charge in [-0.05, 0) is 24.3 Å². The number of carbonyl (C=O) groups is 2. The van der Waals surface area contributed by atoms with Crippen molar-refractivity contribution in [2.24, 2.45) is 0 Å². The standard InChI is InChI=1S/C12H13BrO5/c1-16-7-10(12(15)17-2)18-11(14)8-3-5-9(13)6-4-8/h3-6,10H,7H2,1-2H3/t10-/m1/s1. The zero-order chi connectivity index (χ0) is 13.5. The fraction of sp³-hybridized carbons (Fsp3) is 0.333. The van der Waals surface area contributed by atoms with Crippen molar-refractivity contribution in [1.29, 1.82) is 0 Å². The minimum absolute atomic E-state index is 0.0467. The van der Waals surface area contributed by atoms with E-state index in [-0.39, 0.29) is 6.61 Å². The van der Waals surface area contributed by atoms with Gasteiger partial charge in [0, 0.05) is 11.6 Å². The summed E-state index contributed by atoms with van der Waals surface area (Å²) in [5.41, 5.74) is 0.350. The topological polar surface area (TPSA) is 61.8 Å². The highest BCUT2D eigenvalue weighted by molar-refractivity contribution is 9.10. The molecular formula is C12H13BrO5. The molecule has 0 spiro atoms. The van der Waals surface area contributed by atoms with Gasteiger partial charge in [0.2, 0.25) is 6.10 Å². The van der Waals surface area contributed by atoms with E-state index >= 15 is 0 Å². The molecule has 1 atom stereocenters. The monoisotopic (exact) mass is 316 g/mol. The van der Waals surface area contributed by atoms with Gasteiger partial charge in [-0.1, -0.05) is 15.9 Å². The molecule has 0 saturated heterocycles. The first kappa shape index (κ1) is 14.7. The third-order valence-corrected chi connectivity index (χ3v) is 2.64. The molecule has 0 aliphatic heterocycles. The Kier molecular flexibility index (Phi) is 5.80. The third-order valence-electron chi connectivity index (χ3n) is 2.11. The van der Waals surface area contributed by atoms with Crippen LogP contribution in [0, 0.1) is 0 Å². The Labute approximate surface area is 113 Å². The van der Waals surface area contributed by atoms with Crippen molar-refractivity contribution in [3.63, 3.8) is 0 Å². The fourth-order valence-corrected chi connectivity index (χ4v) is 1.48. The second kappa shape index (κ2) is 7.13. The Morgan fingerprint density at radius 1 is 1.22 bits per heavy atom. The lowest BCUT2D eigenvalue weighted by atomic mass is 10.2. The summed E-state index contributed by atoms with van der Waals surface area (Å²) >= 11 is 3.26. The van der Waals surface area contributed by atoms with Gasteiger partial charge in [-0.25, -0.2) is 9.59 Å². The van der Waals surface area contributed by atoms with Crippen molar-refractivity contribution in [1.82, 2.24) is 0 Å². The Morgan fingerprint density at radius 2 is 1.83 bits per heavy atom. The van der Waals surface area contributed by atoms with Crippen molar-refractivity contribution in [3.05, 3.63) is 34.3 Å². The van der Waals surface area contributed by atoms with Gasteiger partial charge in [-0.3, -0.25) is 0 Å². The first-order valence-electron chi connectivity index (χ1n) is 5.11. The predicted molar refractivity (Wildman–Crippen MR) is 67.2 cm³/mol. The zero-order valence-electron chi connectivity index (χ0n) is 10.0. The van der Waals surface area contributed by atoms with Crippen molar-refractivity contribution < 1.29 is 23.8 Å². The summed E-state index contributed by atoms with van der Waals surface area (Å²) in [5, 5.41) is 0. The molecule has 18 heavy (non-hydrogen) atoms. The summed E-state index contributed by atoms with van der Waals surface area (Å²) < 4.78 is 15.2. The number of esters is 2. The van der Waals surface area contributed by atoms with E-state index in [1.165, 1.54) is 14.2 Å². The lowest BCUT2D eigenvalue weighted by Crippen LogP contribution is -2.32. The SMILES string of the molecule is COC[C@@H](OC(=O)c1ccc(Br)cc1)C(=O)OC. The molecule has 0 N–H and O–H groups in total. The molecule has 0 radical (unpaired) electrons. The largest absolute Gasteiger partial charge is 0.466 e. The molecule has 98 valence electrons. The molecule has 0 heterocycles. The minimum atomic E-state index is -1.06. The minimum Gasteiger partial charge on any atom is -0.466 e. The number of hydrogen-bond donors (Lipinski definition) is 0. The quantitative estimate of drug-likeness (QED) is 0.775.